The van der Waals surface area contributed by atoms with Crippen LogP contribution in [0.3, 0.4) is 0 Å². The zero-order chi connectivity index (χ0) is 33.2. The van der Waals surface area contributed by atoms with Crippen molar-refractivity contribution in [3.05, 3.63) is 164 Å². The van der Waals surface area contributed by atoms with Crippen molar-refractivity contribution in [3.8, 4) is 16.8 Å². The molecule has 0 N–H and O–H groups in total. The monoisotopic (exact) mass is 681 g/mol. The van der Waals surface area contributed by atoms with Crippen LogP contribution < -0.4 is 0 Å². The third-order valence-electron chi connectivity index (χ3n) is 10.9. The van der Waals surface area contributed by atoms with E-state index in [1.165, 1.54) is 111 Å². The second kappa shape index (κ2) is 10.3. The van der Waals surface area contributed by atoms with Crippen LogP contribution in [0.4, 0.5) is 0 Å². The SMILES string of the molecule is c1cc(-c2cccc3c2sc2ccccc23)cc(-n2c3ccccc3c3c4c5ccccc5c5ccccc5c4c4c5ccccc5sc4c32)c1. The van der Waals surface area contributed by atoms with Crippen molar-refractivity contribution in [2.24, 2.45) is 0 Å². The fourth-order valence-corrected chi connectivity index (χ4v) is 11.4. The second-order valence-electron chi connectivity index (χ2n) is 13.6. The Morgan fingerprint density at radius 1 is 0.353 bits per heavy atom. The van der Waals surface area contributed by atoms with Crippen LogP contribution in [0, 0.1) is 0 Å². The Hall–Kier alpha value is -6.00. The van der Waals surface area contributed by atoms with Gasteiger partial charge in [0.2, 0.25) is 0 Å². The third kappa shape index (κ3) is 3.69. The van der Waals surface area contributed by atoms with Crippen LogP contribution >= 0.6 is 22.7 Å². The molecule has 0 fully saturated rings. The minimum Gasteiger partial charge on any atom is -0.308 e. The molecule has 0 amide bonds. The summed E-state index contributed by atoms with van der Waals surface area (Å²) in [6.07, 6.45) is 0. The summed E-state index contributed by atoms with van der Waals surface area (Å²) in [6, 6.07) is 60.8. The molecule has 0 aliphatic rings. The lowest BCUT2D eigenvalue weighted by Gasteiger charge is -2.15. The lowest BCUT2D eigenvalue weighted by atomic mass is 9.89. The molecule has 51 heavy (non-hydrogen) atoms. The van der Waals surface area contributed by atoms with Gasteiger partial charge in [-0.25, -0.2) is 0 Å². The predicted molar refractivity (Wildman–Crippen MR) is 225 cm³/mol. The first-order chi connectivity index (χ1) is 25.3. The van der Waals surface area contributed by atoms with Crippen LogP contribution in [-0.4, -0.2) is 4.57 Å². The summed E-state index contributed by atoms with van der Waals surface area (Å²) >= 11 is 3.82. The fourth-order valence-electron chi connectivity index (χ4n) is 8.88. The zero-order valence-corrected chi connectivity index (χ0v) is 29.0. The molecular weight excluding hydrogens is 655 g/mol. The normalized spacial score (nSPS) is 12.3. The molecule has 9 aromatic carbocycles. The molecule has 12 aromatic rings. The van der Waals surface area contributed by atoms with Gasteiger partial charge in [-0.1, -0.05) is 133 Å². The summed E-state index contributed by atoms with van der Waals surface area (Å²) in [4.78, 5) is 0. The standard InChI is InChI=1S/C48H27NS2/c1-3-18-34-31(15-1)32-16-2-4-19-35(32)43-42(34)44-37-20-5-8-24-39(37)49(46(44)48-45(43)38-21-7-10-26-41(38)51-48)29-14-11-13-28(27-29)30-22-12-23-36-33-17-6-9-25-40(33)50-47(30)36/h1-27H. The quantitative estimate of drug-likeness (QED) is 0.160. The van der Waals surface area contributed by atoms with E-state index in [9.17, 15) is 0 Å². The van der Waals surface area contributed by atoms with Crippen LogP contribution in [-0.2, 0) is 0 Å². The van der Waals surface area contributed by atoms with E-state index in [0.29, 0.717) is 0 Å². The predicted octanol–water partition coefficient (Wildman–Crippen LogP) is 14.6. The lowest BCUT2D eigenvalue weighted by molar-refractivity contribution is 1.19. The number of aromatic nitrogens is 1. The number of rotatable bonds is 2. The van der Waals surface area contributed by atoms with E-state index in [2.05, 4.69) is 168 Å². The van der Waals surface area contributed by atoms with Gasteiger partial charge in [0.25, 0.3) is 0 Å². The summed E-state index contributed by atoms with van der Waals surface area (Å²) in [7, 11) is 0. The second-order valence-corrected chi connectivity index (χ2v) is 15.7. The molecule has 236 valence electrons. The first-order valence-electron chi connectivity index (χ1n) is 17.4. The Bertz CT molecular complexity index is 3430. The van der Waals surface area contributed by atoms with Gasteiger partial charge in [0.15, 0.2) is 0 Å². The number of hydrogen-bond donors (Lipinski definition) is 0. The maximum atomic E-state index is 2.56. The number of hydrogen-bond acceptors (Lipinski definition) is 2. The summed E-state index contributed by atoms with van der Waals surface area (Å²) in [6.45, 7) is 0. The maximum Gasteiger partial charge on any atom is 0.0726 e. The van der Waals surface area contributed by atoms with Crippen molar-refractivity contribution in [2.75, 3.05) is 0 Å². The van der Waals surface area contributed by atoms with E-state index in [0.717, 1.165) is 0 Å². The topological polar surface area (TPSA) is 4.93 Å². The molecule has 0 spiro atoms. The third-order valence-corrected chi connectivity index (χ3v) is 13.3. The summed E-state index contributed by atoms with van der Waals surface area (Å²) in [5.74, 6) is 0. The van der Waals surface area contributed by atoms with Crippen LogP contribution in [0.2, 0.25) is 0 Å². The van der Waals surface area contributed by atoms with Crippen LogP contribution in [0.15, 0.2) is 164 Å². The minimum absolute atomic E-state index is 1.18. The smallest absolute Gasteiger partial charge is 0.0726 e. The molecule has 0 aliphatic heterocycles. The average molecular weight is 682 g/mol. The Morgan fingerprint density at radius 2 is 0.902 bits per heavy atom. The van der Waals surface area contributed by atoms with Crippen molar-refractivity contribution in [1.29, 1.82) is 0 Å². The van der Waals surface area contributed by atoms with Gasteiger partial charge in [-0.15, -0.1) is 22.7 Å². The van der Waals surface area contributed by atoms with Crippen LogP contribution in [0.5, 0.6) is 0 Å². The van der Waals surface area contributed by atoms with Crippen LogP contribution in [0.1, 0.15) is 0 Å². The summed E-state index contributed by atoms with van der Waals surface area (Å²) < 4.78 is 7.89. The van der Waals surface area contributed by atoms with Crippen molar-refractivity contribution in [1.82, 2.24) is 4.57 Å². The van der Waals surface area contributed by atoms with E-state index in [1.54, 1.807) is 0 Å². The Balaban J connectivity index is 1.29. The van der Waals surface area contributed by atoms with Crippen molar-refractivity contribution in [2.45, 2.75) is 0 Å². The molecule has 3 heterocycles. The van der Waals surface area contributed by atoms with Crippen LogP contribution in [0.25, 0.3) is 111 Å². The van der Waals surface area contributed by atoms with E-state index < -0.39 is 0 Å². The lowest BCUT2D eigenvalue weighted by Crippen LogP contribution is -1.95. The maximum absolute atomic E-state index is 2.56. The first-order valence-corrected chi connectivity index (χ1v) is 19.1. The van der Waals surface area contributed by atoms with Gasteiger partial charge in [0, 0.05) is 62.9 Å². The van der Waals surface area contributed by atoms with Crippen molar-refractivity contribution < 1.29 is 0 Å². The highest BCUT2D eigenvalue weighted by Crippen LogP contribution is 2.52. The highest BCUT2D eigenvalue weighted by atomic mass is 32.1. The molecule has 0 radical (unpaired) electrons. The molecule has 0 atom stereocenters. The molecule has 0 aliphatic carbocycles. The minimum atomic E-state index is 1.18. The van der Waals surface area contributed by atoms with E-state index in [1.807, 2.05) is 22.7 Å². The summed E-state index contributed by atoms with van der Waals surface area (Å²) in [5, 5.41) is 15.9. The highest BCUT2D eigenvalue weighted by Gasteiger charge is 2.25. The number of thiophene rings is 2. The number of nitrogens with zero attached hydrogens (tertiary/aromatic N) is 1. The van der Waals surface area contributed by atoms with Gasteiger partial charge in [-0.05, 0) is 63.0 Å². The molecule has 3 aromatic heterocycles. The van der Waals surface area contributed by atoms with Gasteiger partial charge < -0.3 is 4.57 Å². The molecule has 3 heteroatoms. The Labute approximate surface area is 300 Å². The molecule has 0 saturated heterocycles. The molecule has 0 saturated carbocycles. The number of fused-ring (bicyclic) bond motifs is 18. The fraction of sp³-hybridized carbons (Fsp3) is 0. The largest absolute Gasteiger partial charge is 0.308 e. The van der Waals surface area contributed by atoms with Crippen molar-refractivity contribution >= 4 is 117 Å². The van der Waals surface area contributed by atoms with E-state index in [-0.39, 0.29) is 0 Å². The van der Waals surface area contributed by atoms with Gasteiger partial charge in [-0.2, -0.15) is 0 Å². The molecule has 1 nitrogen and oxygen atoms in total. The van der Waals surface area contributed by atoms with E-state index in [4.69, 9.17) is 0 Å². The Kier molecular flexibility index (Phi) is 5.59. The summed E-state index contributed by atoms with van der Waals surface area (Å²) in [5.41, 5.74) is 6.22. The average Bonchev–Trinajstić information content (AvgIpc) is 3.88. The van der Waals surface area contributed by atoms with Gasteiger partial charge in [0.05, 0.1) is 15.7 Å². The molecule has 0 unspecified atom stereocenters. The van der Waals surface area contributed by atoms with Gasteiger partial charge in [-0.3, -0.25) is 0 Å². The Morgan fingerprint density at radius 3 is 1.67 bits per heavy atom. The van der Waals surface area contributed by atoms with Gasteiger partial charge >= 0.3 is 0 Å². The molecule has 0 bridgehead atoms. The number of para-hydroxylation sites is 1. The number of benzene rings is 9. The first kappa shape index (κ1) is 27.8. The van der Waals surface area contributed by atoms with Crippen molar-refractivity contribution in [3.63, 3.8) is 0 Å². The zero-order valence-electron chi connectivity index (χ0n) is 27.4. The van der Waals surface area contributed by atoms with Gasteiger partial charge in [0.1, 0.15) is 0 Å². The molecule has 12 rings (SSSR count). The van der Waals surface area contributed by atoms with E-state index >= 15 is 0 Å². The molecular formula is C48H27NS2. The highest BCUT2D eigenvalue weighted by molar-refractivity contribution is 7.27.